The molecule has 1 heteroatoms. The van der Waals surface area contributed by atoms with Gasteiger partial charge >= 0.3 is 0 Å². The van der Waals surface area contributed by atoms with Crippen LogP contribution in [0.5, 0.6) is 0 Å². The van der Waals surface area contributed by atoms with Crippen LogP contribution >= 0.6 is 0 Å². The molecule has 0 N–H and O–H groups in total. The molecule has 0 spiro atoms. The zero-order valence-corrected chi connectivity index (χ0v) is 5.42. The molecule has 1 saturated carbocycles. The first kappa shape index (κ1) is 5.80. The first-order valence-electron chi connectivity index (χ1n) is 3.21. The molecule has 0 unspecified atom stereocenters. The summed E-state index contributed by atoms with van der Waals surface area (Å²) in [5.74, 6) is 1.84. The van der Waals surface area contributed by atoms with Gasteiger partial charge in [-0.3, -0.25) is 0 Å². The smallest absolute Gasteiger partial charge is 0.123 e. The molecule has 0 aromatic heterocycles. The van der Waals surface area contributed by atoms with Crippen LogP contribution in [0, 0.1) is 17.8 Å². The monoisotopic (exact) mass is 112 g/mol. The largest absolute Gasteiger partial charge is 0.303 e. The maximum Gasteiger partial charge on any atom is 0.123 e. The molecule has 46 valence electrons. The van der Waals surface area contributed by atoms with E-state index in [1.165, 1.54) is 0 Å². The van der Waals surface area contributed by atoms with Crippen molar-refractivity contribution in [2.75, 3.05) is 0 Å². The second-order valence-electron chi connectivity index (χ2n) is 2.94. The second kappa shape index (κ2) is 1.88. The topological polar surface area (TPSA) is 17.1 Å². The normalized spacial score (nSPS) is 35.4. The molecule has 8 heavy (non-hydrogen) atoms. The molecule has 0 saturated heterocycles. The van der Waals surface area contributed by atoms with E-state index in [2.05, 4.69) is 13.8 Å². The lowest BCUT2D eigenvalue weighted by Crippen LogP contribution is -1.92. The summed E-state index contributed by atoms with van der Waals surface area (Å²) in [6.45, 7) is 4.35. The first-order valence-corrected chi connectivity index (χ1v) is 3.21. The van der Waals surface area contributed by atoms with Gasteiger partial charge in [0.15, 0.2) is 0 Å². The predicted octanol–water partition coefficient (Wildman–Crippen LogP) is 1.48. The zero-order chi connectivity index (χ0) is 6.15. The summed E-state index contributed by atoms with van der Waals surface area (Å²) < 4.78 is 0. The maximum absolute atomic E-state index is 10.1. The summed E-state index contributed by atoms with van der Waals surface area (Å²) in [7, 11) is 0. The second-order valence-corrected chi connectivity index (χ2v) is 2.94. The Bertz CT molecular complexity index is 96.6. The Balaban J connectivity index is 2.26. The van der Waals surface area contributed by atoms with Crippen molar-refractivity contribution in [3.8, 4) is 0 Å². The minimum atomic E-state index is 0.412. The lowest BCUT2D eigenvalue weighted by atomic mass is 10.1. The van der Waals surface area contributed by atoms with Gasteiger partial charge in [0.05, 0.1) is 0 Å². The van der Waals surface area contributed by atoms with Gasteiger partial charge in [-0.25, -0.2) is 0 Å². The molecule has 1 aliphatic rings. The van der Waals surface area contributed by atoms with Gasteiger partial charge in [-0.2, -0.15) is 0 Å². The van der Waals surface area contributed by atoms with Crippen LogP contribution < -0.4 is 0 Å². The van der Waals surface area contributed by atoms with Crippen molar-refractivity contribution in [1.82, 2.24) is 0 Å². The lowest BCUT2D eigenvalue weighted by Gasteiger charge is -1.96. The Kier molecular flexibility index (Phi) is 1.37. The van der Waals surface area contributed by atoms with Crippen LogP contribution in [0.25, 0.3) is 0 Å². The molecule has 1 rings (SSSR count). The van der Waals surface area contributed by atoms with Crippen LogP contribution in [-0.4, -0.2) is 6.29 Å². The molecule has 0 radical (unpaired) electrons. The summed E-state index contributed by atoms with van der Waals surface area (Å²) >= 11 is 0. The molecule has 0 amide bonds. The Morgan fingerprint density at radius 1 is 1.62 bits per heavy atom. The average molecular weight is 112 g/mol. The quantitative estimate of drug-likeness (QED) is 0.494. The number of rotatable bonds is 2. The van der Waals surface area contributed by atoms with Gasteiger partial charge in [-0.15, -0.1) is 0 Å². The zero-order valence-electron chi connectivity index (χ0n) is 5.42. The number of carbonyl (C=O) groups excluding carboxylic acids is 1. The van der Waals surface area contributed by atoms with Crippen molar-refractivity contribution in [1.29, 1.82) is 0 Å². The summed E-state index contributed by atoms with van der Waals surface area (Å²) in [6, 6.07) is 0. The minimum absolute atomic E-state index is 0.412. The molecule has 1 nitrogen and oxygen atoms in total. The van der Waals surface area contributed by atoms with E-state index in [9.17, 15) is 4.79 Å². The van der Waals surface area contributed by atoms with Crippen LogP contribution in [0.15, 0.2) is 0 Å². The van der Waals surface area contributed by atoms with Gasteiger partial charge in [0, 0.05) is 5.92 Å². The van der Waals surface area contributed by atoms with E-state index >= 15 is 0 Å². The van der Waals surface area contributed by atoms with Crippen LogP contribution in [0.2, 0.25) is 0 Å². The van der Waals surface area contributed by atoms with Gasteiger partial charge in [0.2, 0.25) is 0 Å². The van der Waals surface area contributed by atoms with Crippen LogP contribution in [0.1, 0.15) is 20.3 Å². The molecule has 0 aromatic rings. The molecule has 0 heterocycles. The van der Waals surface area contributed by atoms with Gasteiger partial charge in [-0.05, 0) is 18.3 Å². The van der Waals surface area contributed by atoms with Crippen LogP contribution in [0.3, 0.4) is 0 Å². The fraction of sp³-hybridized carbons (Fsp3) is 0.857. The average Bonchev–Trinajstić information content (AvgIpc) is 2.42. The lowest BCUT2D eigenvalue weighted by molar-refractivity contribution is -0.109. The SMILES string of the molecule is CC(C)[C@@H]1C[C@@H]1C=O. The number of aldehydes is 1. The van der Waals surface area contributed by atoms with E-state index in [0.717, 1.165) is 12.7 Å². The third-order valence-corrected chi connectivity index (χ3v) is 1.92. The van der Waals surface area contributed by atoms with E-state index in [0.29, 0.717) is 17.8 Å². The van der Waals surface area contributed by atoms with Crippen molar-refractivity contribution < 1.29 is 4.79 Å². The maximum atomic E-state index is 10.1. The van der Waals surface area contributed by atoms with E-state index in [4.69, 9.17) is 0 Å². The summed E-state index contributed by atoms with van der Waals surface area (Å²) in [5, 5.41) is 0. The van der Waals surface area contributed by atoms with Crippen molar-refractivity contribution in [3.63, 3.8) is 0 Å². The van der Waals surface area contributed by atoms with Gasteiger partial charge < -0.3 is 4.79 Å². The highest BCUT2D eigenvalue weighted by Crippen LogP contribution is 2.42. The van der Waals surface area contributed by atoms with Gasteiger partial charge in [-0.1, -0.05) is 13.8 Å². The predicted molar refractivity (Wildman–Crippen MR) is 32.5 cm³/mol. The van der Waals surface area contributed by atoms with Crippen molar-refractivity contribution in [2.45, 2.75) is 20.3 Å². The molecule has 1 aliphatic carbocycles. The fourth-order valence-electron chi connectivity index (χ4n) is 1.16. The van der Waals surface area contributed by atoms with Gasteiger partial charge in [0.25, 0.3) is 0 Å². The molecular weight excluding hydrogens is 100 g/mol. The highest BCUT2D eigenvalue weighted by molar-refractivity contribution is 5.58. The molecule has 2 atom stereocenters. The number of carbonyl (C=O) groups is 1. The van der Waals surface area contributed by atoms with Crippen LogP contribution in [-0.2, 0) is 4.79 Å². The standard InChI is InChI=1S/C7H12O/c1-5(2)7-3-6(7)4-8/h4-7H,3H2,1-2H3/t6-,7+/m1/s1. The molecule has 0 aromatic carbocycles. The Morgan fingerprint density at radius 2 is 2.25 bits per heavy atom. The van der Waals surface area contributed by atoms with E-state index in [1.54, 1.807) is 0 Å². The Labute approximate surface area is 50.1 Å². The first-order chi connectivity index (χ1) is 3.75. The van der Waals surface area contributed by atoms with E-state index < -0.39 is 0 Å². The summed E-state index contributed by atoms with van der Waals surface area (Å²) in [5.41, 5.74) is 0. The van der Waals surface area contributed by atoms with E-state index in [1.807, 2.05) is 0 Å². The molecule has 0 aliphatic heterocycles. The summed E-state index contributed by atoms with van der Waals surface area (Å²) in [6.07, 6.45) is 2.23. The Hall–Kier alpha value is -0.330. The highest BCUT2D eigenvalue weighted by Gasteiger charge is 2.38. The molecule has 0 bridgehead atoms. The third-order valence-electron chi connectivity index (χ3n) is 1.92. The summed E-state index contributed by atoms with van der Waals surface area (Å²) in [4.78, 5) is 10.1. The Morgan fingerprint density at radius 3 is 2.38 bits per heavy atom. The third kappa shape index (κ3) is 0.908. The molecule has 1 fully saturated rings. The number of hydrogen-bond donors (Lipinski definition) is 0. The van der Waals surface area contributed by atoms with E-state index in [-0.39, 0.29) is 0 Å². The highest BCUT2D eigenvalue weighted by atomic mass is 16.1. The molecular formula is C7H12O. The van der Waals surface area contributed by atoms with Crippen molar-refractivity contribution in [2.24, 2.45) is 17.8 Å². The minimum Gasteiger partial charge on any atom is -0.303 e. The van der Waals surface area contributed by atoms with Crippen molar-refractivity contribution in [3.05, 3.63) is 0 Å². The van der Waals surface area contributed by atoms with Gasteiger partial charge in [0.1, 0.15) is 6.29 Å². The fourth-order valence-corrected chi connectivity index (χ4v) is 1.16. The number of hydrogen-bond acceptors (Lipinski definition) is 1. The van der Waals surface area contributed by atoms with Crippen molar-refractivity contribution >= 4 is 6.29 Å². The van der Waals surface area contributed by atoms with Crippen LogP contribution in [0.4, 0.5) is 0 Å².